The highest BCUT2D eigenvalue weighted by molar-refractivity contribution is 8.03. The predicted octanol–water partition coefficient (Wildman–Crippen LogP) is 14.2. The lowest BCUT2D eigenvalue weighted by molar-refractivity contribution is -0.362. The first-order chi connectivity index (χ1) is 38.7. The first kappa shape index (κ1) is 62.1. The van der Waals surface area contributed by atoms with Crippen LogP contribution in [0.4, 0.5) is 43.9 Å². The lowest BCUT2D eigenvalue weighted by atomic mass is 9.50. The van der Waals surface area contributed by atoms with Crippen molar-refractivity contribution in [2.45, 2.75) is 173 Å². The molecule has 12 atom stereocenters. The number of nitrogens with one attached hydrogen (secondary N) is 1. The number of nitrogens with zero attached hydrogens (tertiary/aromatic N) is 1. The number of ketones is 2. The fourth-order valence-electron chi connectivity index (χ4n) is 16.3. The summed E-state index contributed by atoms with van der Waals surface area (Å²) in [6.07, 6.45) is -4.30. The van der Waals surface area contributed by atoms with Gasteiger partial charge in [0.05, 0.1) is 24.4 Å². The maximum Gasteiger partial charge on any atom is 0.456 e. The van der Waals surface area contributed by atoms with E-state index in [0.717, 1.165) is 39.0 Å². The Balaban J connectivity index is 0.000000193. The van der Waals surface area contributed by atoms with Gasteiger partial charge < -0.3 is 10.2 Å². The van der Waals surface area contributed by atoms with E-state index in [0.29, 0.717) is 61.0 Å². The summed E-state index contributed by atoms with van der Waals surface area (Å²) in [5, 5.41) is 22.7. The summed E-state index contributed by atoms with van der Waals surface area (Å²) in [6.45, 7) is 4.51. The number of rotatable bonds is 8. The predicted molar refractivity (Wildman–Crippen MR) is 293 cm³/mol. The number of hydrogen-bond donors (Lipinski definition) is 3. The third kappa shape index (κ3) is 9.81. The Bertz CT molecular complexity index is 3720. The summed E-state index contributed by atoms with van der Waals surface area (Å²) in [5.74, 6) is -13.8. The summed E-state index contributed by atoms with van der Waals surface area (Å²) in [5.41, 5.74) is -2.55. The van der Waals surface area contributed by atoms with Gasteiger partial charge in [-0.25, -0.2) is 13.2 Å². The fourth-order valence-corrected chi connectivity index (χ4v) is 20.3. The molecule has 0 amide bonds. The number of halogens is 10. The van der Waals surface area contributed by atoms with Gasteiger partial charge in [-0.1, -0.05) is 67.0 Å². The van der Waals surface area contributed by atoms with Crippen LogP contribution in [0.5, 0.6) is 0 Å². The molecular weight excluding hydrogens is 1170 g/mol. The summed E-state index contributed by atoms with van der Waals surface area (Å²) in [6, 6.07) is 18.4. The van der Waals surface area contributed by atoms with Crippen LogP contribution in [-0.2, 0) is 39.1 Å². The second kappa shape index (κ2) is 20.6. The number of hydrogen-bond acceptors (Lipinski definition) is 9. The lowest BCUT2D eigenvalue weighted by Gasteiger charge is -2.56. The average molecular weight is 1240 g/mol. The molecule has 0 saturated heterocycles. The second-order valence-corrected chi connectivity index (χ2v) is 31.3. The molecule has 4 unspecified atom stereocenters. The van der Waals surface area contributed by atoms with Crippen molar-refractivity contribution < 1.29 is 80.5 Å². The van der Waals surface area contributed by atoms with E-state index in [-0.39, 0.29) is 65.3 Å². The van der Waals surface area contributed by atoms with Crippen LogP contribution in [0.15, 0.2) is 137 Å². The van der Waals surface area contributed by atoms with Gasteiger partial charge in [0.25, 0.3) is 10.0 Å². The zero-order chi connectivity index (χ0) is 61.6. The van der Waals surface area contributed by atoms with Gasteiger partial charge in [-0.3, -0.25) is 9.59 Å². The number of carbonyl (C=O) groups is 2. The van der Waals surface area contributed by atoms with Crippen molar-refractivity contribution in [1.82, 2.24) is 0 Å². The fraction of sp³-hybridized carbons (Fsp3) is 0.541. The largest absolute Gasteiger partial charge is 0.456 e. The molecule has 4 saturated carbocycles. The maximum atomic E-state index is 15.2. The van der Waals surface area contributed by atoms with E-state index in [1.165, 1.54) is 62.8 Å². The molecule has 3 aromatic carbocycles. The molecule has 456 valence electrons. The molecule has 0 radical (unpaired) electrons. The van der Waals surface area contributed by atoms with Gasteiger partial charge in [0.15, 0.2) is 11.6 Å². The number of carbonyl (C=O) groups excluding carboxylic acids is 2. The summed E-state index contributed by atoms with van der Waals surface area (Å²) >= 11 is 0. The minimum Gasteiger partial charge on any atom is -0.383 e. The van der Waals surface area contributed by atoms with E-state index < -0.39 is 112 Å². The minimum absolute atomic E-state index is 0.00138. The lowest BCUT2D eigenvalue weighted by Crippen LogP contribution is -2.65. The minimum atomic E-state index is -5.95. The van der Waals surface area contributed by atoms with Crippen molar-refractivity contribution in [2.24, 2.45) is 38.3 Å². The Morgan fingerprint density at radius 2 is 0.905 bits per heavy atom. The first-order valence-corrected chi connectivity index (χ1v) is 33.3. The van der Waals surface area contributed by atoms with Gasteiger partial charge in [0.1, 0.15) is 11.2 Å². The van der Waals surface area contributed by atoms with Gasteiger partial charge in [-0.15, -0.1) is 3.77 Å². The third-order valence-corrected chi connectivity index (χ3v) is 25.6. The first-order valence-electron chi connectivity index (χ1n) is 28.0. The number of sulfonamides is 1. The van der Waals surface area contributed by atoms with Crippen LogP contribution in [0.3, 0.4) is 0 Å². The molecule has 11 rings (SSSR count). The topological polar surface area (TPSA) is 179 Å². The van der Waals surface area contributed by atoms with E-state index in [2.05, 4.69) is 3.77 Å². The summed E-state index contributed by atoms with van der Waals surface area (Å²) in [7, 11) is -10.8. The van der Waals surface area contributed by atoms with Crippen LogP contribution in [0.1, 0.15) is 132 Å². The average Bonchev–Trinajstić information content (AvgIpc) is 1.44. The Hall–Kier alpha value is -4.97. The van der Waals surface area contributed by atoms with Crippen LogP contribution in [0.2, 0.25) is 0 Å². The number of alkyl halides is 10. The highest BCUT2D eigenvalue weighted by atomic mass is 32.3. The van der Waals surface area contributed by atoms with Crippen LogP contribution < -0.4 is 0 Å². The smallest absolute Gasteiger partial charge is 0.383 e. The van der Waals surface area contributed by atoms with Crippen molar-refractivity contribution in [3.63, 3.8) is 0 Å². The van der Waals surface area contributed by atoms with Gasteiger partial charge >= 0.3 is 24.2 Å². The van der Waals surface area contributed by atoms with Crippen molar-refractivity contribution in [2.75, 3.05) is 12.5 Å². The highest BCUT2D eigenvalue weighted by Crippen LogP contribution is 2.72. The Labute approximate surface area is 482 Å². The maximum absolute atomic E-state index is 15.2. The van der Waals surface area contributed by atoms with E-state index in [1.54, 1.807) is 55.5 Å². The van der Waals surface area contributed by atoms with E-state index in [4.69, 9.17) is 4.78 Å². The quantitative estimate of drug-likeness (QED) is 0.186. The molecular formula is C61H66F10N2O8S3. The SMILES string of the molecule is C[C@]12C[C@H](c3ccc([S@@](C)(=N)=O)cc3)C3=C4CCC(=O)C=C4CCC3C1CC[C@@]2(O)C(F)(F)C(F)(F)F.Cc1ccc(S(=O)(=O)N=[S@](C)(=O)c2ccc([C@H]3C[C@@]4(C)C(CC[C@@]4(O)C(F)(F)C(F)(F)F)C4CCC5=CC(=O)CCC5=C43)cc2)cc1. The number of fused-ring (bicyclic) bond motifs is 8. The second-order valence-electron chi connectivity index (χ2n) is 25.1. The molecule has 23 heteroatoms. The van der Waals surface area contributed by atoms with Crippen molar-refractivity contribution in [3.05, 3.63) is 135 Å². The van der Waals surface area contributed by atoms with Gasteiger partial charge in [0.2, 0.25) is 0 Å². The Morgan fingerprint density at radius 3 is 1.27 bits per heavy atom. The molecule has 10 nitrogen and oxygen atoms in total. The van der Waals surface area contributed by atoms with Crippen LogP contribution in [0, 0.1) is 46.2 Å². The highest BCUT2D eigenvalue weighted by Gasteiger charge is 2.80. The van der Waals surface area contributed by atoms with E-state index >= 15 is 8.78 Å². The zero-order valence-corrected chi connectivity index (χ0v) is 49.2. The molecule has 0 heterocycles. The molecule has 0 spiro atoms. The van der Waals surface area contributed by atoms with E-state index in [9.17, 15) is 71.8 Å². The monoisotopic (exact) mass is 1240 g/mol. The Morgan fingerprint density at radius 1 is 0.536 bits per heavy atom. The van der Waals surface area contributed by atoms with Crippen molar-refractivity contribution in [1.29, 1.82) is 4.78 Å². The number of benzene rings is 3. The molecule has 0 aromatic heterocycles. The number of aryl methyl sites for hydroxylation is 1. The molecule has 0 aliphatic heterocycles. The summed E-state index contributed by atoms with van der Waals surface area (Å²) in [4.78, 5) is 24.7. The molecule has 4 fully saturated rings. The molecule has 3 aromatic rings. The summed E-state index contributed by atoms with van der Waals surface area (Å²) < 4.78 is 206. The van der Waals surface area contributed by atoms with Crippen molar-refractivity contribution >= 4 is 41.0 Å². The van der Waals surface area contributed by atoms with Crippen LogP contribution in [-0.4, -0.2) is 86.5 Å². The molecule has 8 aliphatic rings. The van der Waals surface area contributed by atoms with Crippen LogP contribution >= 0.6 is 0 Å². The number of allylic oxidation sites excluding steroid dienone is 8. The number of aliphatic hydroxyl groups is 2. The van der Waals surface area contributed by atoms with Gasteiger partial charge in [-0.05, 0) is 190 Å². The van der Waals surface area contributed by atoms with Gasteiger partial charge in [0, 0.05) is 57.8 Å². The molecule has 8 aliphatic carbocycles. The third-order valence-electron chi connectivity index (χ3n) is 20.5. The molecule has 84 heavy (non-hydrogen) atoms. The molecule has 0 bridgehead atoms. The Kier molecular flexibility index (Phi) is 15.2. The van der Waals surface area contributed by atoms with Crippen molar-refractivity contribution in [3.8, 4) is 0 Å². The standard InChI is InChI=1S/C34H36F5NO5S2.C27H30F5NO3S/c1-20-4-10-25(11-5-20)47(44,45)40-46(3,43)24-12-6-21(7-13-24)28-19-31(2)29(16-17-32(31,42)33(35,36)34(37,38)39)27-14-8-22-18-23(41)9-15-26(22)30(27)28;1-24-14-21(15-3-7-18(8-4-15)37(2,33)36)23-19-10-6-17(34)13-16(19)5-9-20(23)22(24)11-12-25(24,35)26(28,29)27(30,31)32/h4-7,10-13,18,27-29,42H,8-9,14-17,19H2,1-3H3;3-4,7-8,13,20-22,33,35H,5-6,9-12,14H2,1-2H3/t27?,28-,29?,31+,32+,46-;20?,21-,22?,24+,25+,37+/m11/s1. The van der Waals surface area contributed by atoms with Crippen LogP contribution in [0.25, 0.3) is 0 Å². The van der Waals surface area contributed by atoms with Gasteiger partial charge in [-0.2, -0.15) is 52.3 Å². The zero-order valence-electron chi connectivity index (χ0n) is 46.7. The molecule has 3 N–H and O–H groups in total. The van der Waals surface area contributed by atoms with E-state index in [1.807, 2.05) is 0 Å². The normalized spacial score (nSPS) is 33.1.